The van der Waals surface area contributed by atoms with E-state index in [-0.39, 0.29) is 28.6 Å². The third-order valence-corrected chi connectivity index (χ3v) is 11.6. The zero-order chi connectivity index (χ0) is 28.1. The van der Waals surface area contributed by atoms with Crippen molar-refractivity contribution in [1.82, 2.24) is 4.72 Å². The van der Waals surface area contributed by atoms with Gasteiger partial charge in [-0.2, -0.15) is 0 Å². The number of fused-ring (bicyclic) bond motifs is 4. The fraction of sp³-hybridized carbons (Fsp3) is 0.545. The Morgan fingerprint density at radius 1 is 1.15 bits per heavy atom. The first-order valence-corrected chi connectivity index (χ1v) is 16.1. The third-order valence-electron chi connectivity index (χ3n) is 10.1. The van der Waals surface area contributed by atoms with Crippen molar-refractivity contribution in [3.8, 4) is 5.75 Å². The molecule has 1 spiro atoms. The molecular weight excluding hydrogens is 540 g/mol. The van der Waals surface area contributed by atoms with Crippen molar-refractivity contribution in [2.24, 2.45) is 23.2 Å². The Labute approximate surface area is 247 Å². The van der Waals surface area contributed by atoms with Crippen LogP contribution in [-0.2, 0) is 11.8 Å². The predicted octanol–water partition coefficient (Wildman–Crippen LogP) is 6.81. The molecule has 0 saturated heterocycles. The Bertz CT molecular complexity index is 1310. The van der Waals surface area contributed by atoms with Gasteiger partial charge in [0.05, 0.1) is 18.4 Å². The molecule has 2 bridgehead atoms. The van der Waals surface area contributed by atoms with Gasteiger partial charge in [0.25, 0.3) is 5.91 Å². The molecule has 0 radical (unpaired) electrons. The van der Waals surface area contributed by atoms with Gasteiger partial charge in [0, 0.05) is 34.8 Å². The normalized spacial score (nSPS) is 32.5. The summed E-state index contributed by atoms with van der Waals surface area (Å²) in [5.74, 6) is 2.41. The quantitative estimate of drug-likeness (QED) is 0.265. The number of anilines is 1. The van der Waals surface area contributed by atoms with Gasteiger partial charge in [-0.1, -0.05) is 50.6 Å². The van der Waals surface area contributed by atoms with E-state index in [1.165, 1.54) is 23.1 Å². The number of allylic oxidation sites excluding steroid dienone is 1. The van der Waals surface area contributed by atoms with Crippen molar-refractivity contribution in [3.05, 3.63) is 70.3 Å². The SMILES string of the molecule is C[C@@H]1/C=C\[C@H](O)[C@@H]2CC[C@H]2CN2C[C@@]3(CCCc4cc(Cl)ccc43)COc3ccc(cc32)C(=O)NSCC1(C)C. The van der Waals surface area contributed by atoms with Gasteiger partial charge in [-0.25, -0.2) is 0 Å². The standard InChI is InChI=1S/C33H41ClN2O3S/c1-21-6-12-29(37)26-10-7-24(26)17-36-18-33(14-4-5-22-15-25(34)9-11-27(22)33)19-39-30-13-8-23(16-28(30)36)31(38)35-40-20-32(21,2)3/h6,8-9,11-13,15-16,21,24,26,29,37H,4-5,7,10,14,17-20H2,1-3H3,(H,35,38)/b12-6-/t21-,24+,26-,29+,33+/m1/s1. The molecular formula is C33H41ClN2O3S. The van der Waals surface area contributed by atoms with Gasteiger partial charge in [-0.3, -0.25) is 9.52 Å². The van der Waals surface area contributed by atoms with Crippen LogP contribution < -0.4 is 14.4 Å². The lowest BCUT2D eigenvalue weighted by Crippen LogP contribution is -2.49. The topological polar surface area (TPSA) is 61.8 Å². The molecule has 2 aromatic rings. The Balaban J connectivity index is 1.39. The number of ether oxygens (including phenoxy) is 1. The van der Waals surface area contributed by atoms with Crippen LogP contribution in [0.2, 0.25) is 5.02 Å². The van der Waals surface area contributed by atoms with Crippen LogP contribution in [0, 0.1) is 23.2 Å². The number of hydrogen-bond donors (Lipinski definition) is 2. The fourth-order valence-electron chi connectivity index (χ4n) is 6.97. The van der Waals surface area contributed by atoms with Crippen molar-refractivity contribution in [3.63, 3.8) is 0 Å². The van der Waals surface area contributed by atoms with E-state index in [1.54, 1.807) is 0 Å². The minimum Gasteiger partial charge on any atom is -0.490 e. The van der Waals surface area contributed by atoms with Gasteiger partial charge in [-0.15, -0.1) is 0 Å². The van der Waals surface area contributed by atoms with E-state index >= 15 is 0 Å². The van der Waals surface area contributed by atoms with E-state index in [1.807, 2.05) is 30.3 Å². The third kappa shape index (κ3) is 5.28. The van der Waals surface area contributed by atoms with Gasteiger partial charge in [-0.05, 0) is 109 Å². The first-order valence-electron chi connectivity index (χ1n) is 14.7. The van der Waals surface area contributed by atoms with E-state index < -0.39 is 6.10 Å². The van der Waals surface area contributed by atoms with E-state index in [0.717, 1.165) is 67.4 Å². The van der Waals surface area contributed by atoms with Crippen LogP contribution >= 0.6 is 23.5 Å². The number of nitrogens with one attached hydrogen (secondary N) is 1. The first-order chi connectivity index (χ1) is 19.1. The Kier molecular flexibility index (Phi) is 7.64. The summed E-state index contributed by atoms with van der Waals surface area (Å²) in [6.45, 7) is 8.87. The van der Waals surface area contributed by atoms with Crippen LogP contribution in [0.15, 0.2) is 48.6 Å². The van der Waals surface area contributed by atoms with E-state index in [0.29, 0.717) is 18.1 Å². The second kappa shape index (κ2) is 10.9. The molecule has 2 heterocycles. The molecule has 2 aliphatic heterocycles. The lowest BCUT2D eigenvalue weighted by atomic mass is 9.68. The largest absolute Gasteiger partial charge is 0.490 e. The minimum atomic E-state index is -0.446. The Morgan fingerprint density at radius 3 is 2.80 bits per heavy atom. The zero-order valence-corrected chi connectivity index (χ0v) is 25.4. The van der Waals surface area contributed by atoms with Crippen LogP contribution in [0.5, 0.6) is 5.75 Å². The highest BCUT2D eigenvalue weighted by Gasteiger charge is 2.44. The average Bonchev–Trinajstić information content (AvgIpc) is 3.06. The molecule has 214 valence electrons. The summed E-state index contributed by atoms with van der Waals surface area (Å²) >= 11 is 7.87. The number of aryl methyl sites for hydroxylation is 1. The molecule has 0 aromatic heterocycles. The summed E-state index contributed by atoms with van der Waals surface area (Å²) < 4.78 is 9.68. The summed E-state index contributed by atoms with van der Waals surface area (Å²) in [5.41, 5.74) is 4.09. The molecule has 6 rings (SSSR count). The summed E-state index contributed by atoms with van der Waals surface area (Å²) in [4.78, 5) is 15.7. The smallest absolute Gasteiger partial charge is 0.261 e. The summed E-state index contributed by atoms with van der Waals surface area (Å²) in [6.07, 6.45) is 9.06. The number of rotatable bonds is 0. The second-order valence-corrected chi connectivity index (χ2v) is 14.4. The van der Waals surface area contributed by atoms with Gasteiger partial charge in [0.2, 0.25) is 0 Å². The van der Waals surface area contributed by atoms with Crippen molar-refractivity contribution >= 4 is 35.1 Å². The Morgan fingerprint density at radius 2 is 2.00 bits per heavy atom. The molecule has 40 heavy (non-hydrogen) atoms. The van der Waals surface area contributed by atoms with Crippen molar-refractivity contribution < 1.29 is 14.6 Å². The van der Waals surface area contributed by atoms with Crippen LogP contribution in [0.4, 0.5) is 5.69 Å². The number of carbonyl (C=O) groups is 1. The molecule has 1 amide bonds. The highest BCUT2D eigenvalue weighted by molar-refractivity contribution is 7.97. The van der Waals surface area contributed by atoms with Gasteiger partial charge in [0.15, 0.2) is 0 Å². The van der Waals surface area contributed by atoms with Crippen LogP contribution in [0.3, 0.4) is 0 Å². The van der Waals surface area contributed by atoms with Crippen molar-refractivity contribution in [1.29, 1.82) is 0 Å². The van der Waals surface area contributed by atoms with Crippen LogP contribution in [0.25, 0.3) is 0 Å². The van der Waals surface area contributed by atoms with E-state index in [4.69, 9.17) is 16.3 Å². The highest BCUT2D eigenvalue weighted by atomic mass is 35.5. The molecule has 0 unspecified atom stereocenters. The average molecular weight is 581 g/mol. The number of hydrogen-bond acceptors (Lipinski definition) is 5. The highest BCUT2D eigenvalue weighted by Crippen LogP contribution is 2.47. The minimum absolute atomic E-state index is 0.0303. The predicted molar refractivity (Wildman–Crippen MR) is 164 cm³/mol. The zero-order valence-electron chi connectivity index (χ0n) is 23.8. The van der Waals surface area contributed by atoms with E-state index in [9.17, 15) is 9.90 Å². The lowest BCUT2D eigenvalue weighted by Gasteiger charge is -2.45. The number of carbonyl (C=O) groups excluding carboxylic acids is 1. The molecule has 2 aliphatic carbocycles. The molecule has 2 N–H and O–H groups in total. The maximum Gasteiger partial charge on any atom is 0.261 e. The van der Waals surface area contributed by atoms with Crippen molar-refractivity contribution in [2.75, 3.05) is 30.3 Å². The molecule has 1 saturated carbocycles. The van der Waals surface area contributed by atoms with Crippen LogP contribution in [-0.4, -0.2) is 42.6 Å². The number of benzene rings is 2. The number of halogens is 1. The van der Waals surface area contributed by atoms with Gasteiger partial charge < -0.3 is 14.7 Å². The molecule has 5 atom stereocenters. The molecule has 4 aliphatic rings. The molecule has 1 fully saturated rings. The monoisotopic (exact) mass is 580 g/mol. The summed E-state index contributed by atoms with van der Waals surface area (Å²) in [6, 6.07) is 12.2. The molecule has 2 aromatic carbocycles. The maximum absolute atomic E-state index is 13.3. The fourth-order valence-corrected chi connectivity index (χ4v) is 8.12. The number of aliphatic hydroxyl groups excluding tert-OH is 1. The van der Waals surface area contributed by atoms with Gasteiger partial charge in [0.1, 0.15) is 5.75 Å². The number of aliphatic hydroxyl groups is 1. The summed E-state index contributed by atoms with van der Waals surface area (Å²) in [7, 11) is 0. The first kappa shape index (κ1) is 28.0. The number of amides is 1. The Hall–Kier alpha value is -2.15. The van der Waals surface area contributed by atoms with Crippen molar-refractivity contribution in [2.45, 2.75) is 64.4 Å². The van der Waals surface area contributed by atoms with E-state index in [2.05, 4.69) is 48.6 Å². The lowest BCUT2D eigenvalue weighted by molar-refractivity contribution is 0.0452. The summed E-state index contributed by atoms with van der Waals surface area (Å²) in [5, 5.41) is 12.0. The van der Waals surface area contributed by atoms with Crippen LogP contribution in [0.1, 0.15) is 67.9 Å². The second-order valence-electron chi connectivity index (χ2n) is 13.2. The molecule has 5 nitrogen and oxygen atoms in total. The maximum atomic E-state index is 13.3. The molecule has 7 heteroatoms. The number of nitrogens with zero attached hydrogens (tertiary/aromatic N) is 1. The van der Waals surface area contributed by atoms with Gasteiger partial charge >= 0.3 is 0 Å².